The van der Waals surface area contributed by atoms with Gasteiger partial charge in [0.1, 0.15) is 0 Å². The van der Waals surface area contributed by atoms with Crippen molar-refractivity contribution in [2.45, 2.75) is 33.1 Å². The van der Waals surface area contributed by atoms with Gasteiger partial charge in [-0.2, -0.15) is 0 Å². The fourth-order valence-electron chi connectivity index (χ4n) is 1.08. The fourth-order valence-corrected chi connectivity index (χ4v) is 1.08. The molecule has 0 aliphatic rings. The molecule has 72 valence electrons. The molecule has 2 heteroatoms. The first-order valence-corrected chi connectivity index (χ1v) is 4.58. The summed E-state index contributed by atoms with van der Waals surface area (Å²) in [5.41, 5.74) is 1.24. The molecule has 0 saturated carbocycles. The molecule has 0 radical (unpaired) electrons. The summed E-state index contributed by atoms with van der Waals surface area (Å²) in [7, 11) is 0. The van der Waals surface area contributed by atoms with Crippen molar-refractivity contribution in [3.05, 3.63) is 11.6 Å². The summed E-state index contributed by atoms with van der Waals surface area (Å²) in [6, 6.07) is 0. The highest BCUT2D eigenvalue weighted by molar-refractivity contribution is 4.97. The zero-order chi connectivity index (χ0) is 9.40. The third-order valence-corrected chi connectivity index (χ3v) is 2.02. The molecule has 0 aromatic carbocycles. The lowest BCUT2D eigenvalue weighted by molar-refractivity contribution is 0.228. The molecule has 2 N–H and O–H groups in total. The molecule has 2 nitrogen and oxygen atoms in total. The topological polar surface area (TPSA) is 40.5 Å². The molecule has 0 aromatic heterocycles. The Kier molecular flexibility index (Phi) is 7.11. The van der Waals surface area contributed by atoms with Crippen LogP contribution < -0.4 is 0 Å². The first-order chi connectivity index (χ1) is 5.70. The summed E-state index contributed by atoms with van der Waals surface area (Å²) in [6.45, 7) is 4.50. The predicted molar refractivity (Wildman–Crippen MR) is 50.9 cm³/mol. The SMILES string of the molecule is C/C(=C\CO)CCCC(C)CO. The van der Waals surface area contributed by atoms with E-state index in [9.17, 15) is 0 Å². The number of hydrogen-bond acceptors (Lipinski definition) is 2. The smallest absolute Gasteiger partial charge is 0.0614 e. The number of aliphatic hydroxyl groups is 2. The Bertz CT molecular complexity index is 130. The Hall–Kier alpha value is -0.340. The molecule has 0 amide bonds. The Morgan fingerprint density at radius 2 is 2.08 bits per heavy atom. The fraction of sp³-hybridized carbons (Fsp3) is 0.800. The van der Waals surface area contributed by atoms with Crippen LogP contribution in [0.25, 0.3) is 0 Å². The van der Waals surface area contributed by atoms with Gasteiger partial charge in [0.2, 0.25) is 0 Å². The van der Waals surface area contributed by atoms with Gasteiger partial charge in [-0.25, -0.2) is 0 Å². The lowest BCUT2D eigenvalue weighted by atomic mass is 10.0. The molecule has 0 fully saturated rings. The molecule has 0 aliphatic carbocycles. The van der Waals surface area contributed by atoms with Gasteiger partial charge in [0, 0.05) is 6.61 Å². The van der Waals surface area contributed by atoms with Crippen molar-refractivity contribution in [2.75, 3.05) is 13.2 Å². The van der Waals surface area contributed by atoms with Crippen LogP contribution in [0.1, 0.15) is 33.1 Å². The van der Waals surface area contributed by atoms with Crippen molar-refractivity contribution in [3.8, 4) is 0 Å². The third kappa shape index (κ3) is 6.38. The summed E-state index contributed by atoms with van der Waals surface area (Å²) < 4.78 is 0. The van der Waals surface area contributed by atoms with E-state index < -0.39 is 0 Å². The number of rotatable bonds is 6. The predicted octanol–water partition coefficient (Wildman–Crippen LogP) is 1.72. The maximum atomic E-state index is 8.75. The Morgan fingerprint density at radius 1 is 1.42 bits per heavy atom. The first-order valence-electron chi connectivity index (χ1n) is 4.58. The zero-order valence-corrected chi connectivity index (χ0v) is 8.08. The molecule has 0 aromatic rings. The van der Waals surface area contributed by atoms with Crippen LogP contribution in [0.3, 0.4) is 0 Å². The third-order valence-electron chi connectivity index (χ3n) is 2.02. The van der Waals surface area contributed by atoms with E-state index in [4.69, 9.17) is 10.2 Å². The van der Waals surface area contributed by atoms with Crippen LogP contribution in [-0.4, -0.2) is 23.4 Å². The maximum Gasteiger partial charge on any atom is 0.0614 e. The van der Waals surface area contributed by atoms with E-state index in [-0.39, 0.29) is 13.2 Å². The minimum absolute atomic E-state index is 0.140. The van der Waals surface area contributed by atoms with Gasteiger partial charge in [0.15, 0.2) is 0 Å². The van der Waals surface area contributed by atoms with E-state index in [1.54, 1.807) is 0 Å². The second-order valence-electron chi connectivity index (χ2n) is 3.41. The lowest BCUT2D eigenvalue weighted by Gasteiger charge is -2.06. The maximum absolute atomic E-state index is 8.75. The van der Waals surface area contributed by atoms with Crippen LogP contribution in [-0.2, 0) is 0 Å². The normalized spacial score (nSPS) is 14.8. The van der Waals surface area contributed by atoms with Gasteiger partial charge in [-0.05, 0) is 32.1 Å². The summed E-state index contributed by atoms with van der Waals surface area (Å²) in [5.74, 6) is 0.409. The van der Waals surface area contributed by atoms with Gasteiger partial charge >= 0.3 is 0 Å². The largest absolute Gasteiger partial charge is 0.396 e. The number of allylic oxidation sites excluding steroid dienone is 1. The Labute approximate surface area is 74.9 Å². The molecule has 1 atom stereocenters. The van der Waals surface area contributed by atoms with Crippen LogP contribution in [0.2, 0.25) is 0 Å². The van der Waals surface area contributed by atoms with E-state index in [0.717, 1.165) is 19.3 Å². The van der Waals surface area contributed by atoms with Gasteiger partial charge in [-0.3, -0.25) is 0 Å². The van der Waals surface area contributed by atoms with Gasteiger partial charge in [0.05, 0.1) is 6.61 Å². The molecule has 0 bridgehead atoms. The second kappa shape index (κ2) is 7.32. The summed E-state index contributed by atoms with van der Waals surface area (Å²) in [6.07, 6.45) is 5.03. The molecular weight excluding hydrogens is 152 g/mol. The van der Waals surface area contributed by atoms with Gasteiger partial charge in [-0.15, -0.1) is 0 Å². The first kappa shape index (κ1) is 11.7. The minimum atomic E-state index is 0.140. The van der Waals surface area contributed by atoms with E-state index >= 15 is 0 Å². The molecule has 1 unspecified atom stereocenters. The molecular formula is C10H20O2. The number of aliphatic hydroxyl groups excluding tert-OH is 2. The zero-order valence-electron chi connectivity index (χ0n) is 8.08. The van der Waals surface area contributed by atoms with Crippen molar-refractivity contribution in [2.24, 2.45) is 5.92 Å². The highest BCUT2D eigenvalue weighted by Gasteiger charge is 1.99. The molecule has 0 rings (SSSR count). The Morgan fingerprint density at radius 3 is 2.58 bits per heavy atom. The molecule has 0 heterocycles. The van der Waals surface area contributed by atoms with Crippen molar-refractivity contribution in [3.63, 3.8) is 0 Å². The quantitative estimate of drug-likeness (QED) is 0.599. The highest BCUT2D eigenvalue weighted by atomic mass is 16.3. The molecule has 0 spiro atoms. The monoisotopic (exact) mass is 172 g/mol. The van der Waals surface area contributed by atoms with Crippen molar-refractivity contribution >= 4 is 0 Å². The van der Waals surface area contributed by atoms with Crippen LogP contribution >= 0.6 is 0 Å². The summed E-state index contributed by atoms with van der Waals surface area (Å²) in [4.78, 5) is 0. The molecule has 12 heavy (non-hydrogen) atoms. The Balaban J connectivity index is 3.36. The van der Waals surface area contributed by atoms with Gasteiger partial charge < -0.3 is 10.2 Å². The van der Waals surface area contributed by atoms with Crippen LogP contribution in [0.15, 0.2) is 11.6 Å². The standard InChI is InChI=1S/C10H20O2/c1-9(6-7-11)4-3-5-10(2)8-12/h6,10-12H,3-5,7-8H2,1-2H3/b9-6+. The molecule has 0 saturated heterocycles. The van der Waals surface area contributed by atoms with Crippen molar-refractivity contribution < 1.29 is 10.2 Å². The van der Waals surface area contributed by atoms with E-state index in [1.807, 2.05) is 19.9 Å². The summed E-state index contributed by atoms with van der Waals surface area (Å²) in [5, 5.41) is 17.3. The van der Waals surface area contributed by atoms with Crippen molar-refractivity contribution in [1.82, 2.24) is 0 Å². The van der Waals surface area contributed by atoms with Crippen LogP contribution in [0, 0.1) is 5.92 Å². The average Bonchev–Trinajstić information content (AvgIpc) is 2.04. The van der Waals surface area contributed by atoms with E-state index in [0.29, 0.717) is 5.92 Å². The van der Waals surface area contributed by atoms with Crippen molar-refractivity contribution in [1.29, 1.82) is 0 Å². The second-order valence-corrected chi connectivity index (χ2v) is 3.41. The van der Waals surface area contributed by atoms with Crippen LogP contribution in [0.4, 0.5) is 0 Å². The van der Waals surface area contributed by atoms with E-state index in [1.165, 1.54) is 5.57 Å². The minimum Gasteiger partial charge on any atom is -0.396 e. The number of hydrogen-bond donors (Lipinski definition) is 2. The van der Waals surface area contributed by atoms with E-state index in [2.05, 4.69) is 0 Å². The molecule has 0 aliphatic heterocycles. The highest BCUT2D eigenvalue weighted by Crippen LogP contribution is 2.11. The average molecular weight is 172 g/mol. The van der Waals surface area contributed by atoms with Gasteiger partial charge in [0.25, 0.3) is 0 Å². The van der Waals surface area contributed by atoms with Crippen LogP contribution in [0.5, 0.6) is 0 Å². The lowest BCUT2D eigenvalue weighted by Crippen LogP contribution is -1.99. The summed E-state index contributed by atoms with van der Waals surface area (Å²) >= 11 is 0. The van der Waals surface area contributed by atoms with Gasteiger partial charge in [-0.1, -0.05) is 18.6 Å².